The summed E-state index contributed by atoms with van der Waals surface area (Å²) >= 11 is 6.14. The van der Waals surface area contributed by atoms with Crippen molar-refractivity contribution < 1.29 is 4.74 Å². The Labute approximate surface area is 120 Å². The number of hydrogen-bond donors (Lipinski definition) is 1. The van der Waals surface area contributed by atoms with Gasteiger partial charge in [0.25, 0.3) is 0 Å². The van der Waals surface area contributed by atoms with E-state index < -0.39 is 0 Å². The third kappa shape index (κ3) is 2.90. The molecule has 2 aliphatic rings. The first-order chi connectivity index (χ1) is 9.17. The molecule has 3 heteroatoms. The fraction of sp³-hybridized carbons (Fsp3) is 0.625. The number of hydrogen-bond acceptors (Lipinski definition) is 2. The molecule has 1 unspecified atom stereocenters. The van der Waals surface area contributed by atoms with Gasteiger partial charge in [0.2, 0.25) is 0 Å². The van der Waals surface area contributed by atoms with E-state index in [1.807, 2.05) is 13.0 Å². The molecule has 1 spiro atoms. The smallest absolute Gasteiger partial charge is 0.0756 e. The van der Waals surface area contributed by atoms with Crippen molar-refractivity contribution >= 4 is 17.3 Å². The molecule has 1 aliphatic heterocycles. The van der Waals surface area contributed by atoms with Crippen LogP contribution in [0.5, 0.6) is 0 Å². The zero-order valence-electron chi connectivity index (χ0n) is 11.5. The molecular formula is C16H22ClNO. The van der Waals surface area contributed by atoms with Crippen LogP contribution in [-0.2, 0) is 4.74 Å². The normalized spacial score (nSPS) is 25.1. The fourth-order valence-corrected chi connectivity index (χ4v) is 3.54. The van der Waals surface area contributed by atoms with Gasteiger partial charge in [0.15, 0.2) is 0 Å². The first-order valence-corrected chi connectivity index (χ1v) is 7.73. The molecule has 0 amide bonds. The van der Waals surface area contributed by atoms with Crippen LogP contribution in [0.3, 0.4) is 0 Å². The van der Waals surface area contributed by atoms with Crippen molar-refractivity contribution in [3.05, 3.63) is 28.8 Å². The quantitative estimate of drug-likeness (QED) is 0.876. The van der Waals surface area contributed by atoms with E-state index in [0.29, 0.717) is 6.10 Å². The zero-order valence-corrected chi connectivity index (χ0v) is 12.3. The molecule has 19 heavy (non-hydrogen) atoms. The molecule has 3 rings (SSSR count). The van der Waals surface area contributed by atoms with E-state index in [-0.39, 0.29) is 5.60 Å². The number of rotatable bonds is 3. The standard InChI is InChI=1S/C16H22ClNO/c1-12-4-5-13(10-15(12)17)18-11-14-6-9-16(19-14)7-2-3-8-16/h4-5,10,14,18H,2-3,6-9,11H2,1H3. The highest BCUT2D eigenvalue weighted by molar-refractivity contribution is 6.31. The van der Waals surface area contributed by atoms with E-state index >= 15 is 0 Å². The summed E-state index contributed by atoms with van der Waals surface area (Å²) < 4.78 is 6.29. The van der Waals surface area contributed by atoms with E-state index in [2.05, 4.69) is 17.4 Å². The highest BCUT2D eigenvalue weighted by Gasteiger charge is 2.41. The maximum Gasteiger partial charge on any atom is 0.0756 e. The van der Waals surface area contributed by atoms with Crippen LogP contribution in [0.4, 0.5) is 5.69 Å². The van der Waals surface area contributed by atoms with Crippen molar-refractivity contribution in [3.63, 3.8) is 0 Å². The molecule has 0 aromatic heterocycles. The average Bonchev–Trinajstić information content (AvgIpc) is 3.02. The Hall–Kier alpha value is -0.730. The van der Waals surface area contributed by atoms with Crippen LogP contribution in [-0.4, -0.2) is 18.2 Å². The minimum Gasteiger partial charge on any atom is -0.382 e. The number of halogens is 1. The van der Waals surface area contributed by atoms with Crippen molar-refractivity contribution in [3.8, 4) is 0 Å². The van der Waals surface area contributed by atoms with Gasteiger partial charge in [-0.2, -0.15) is 0 Å². The van der Waals surface area contributed by atoms with Crippen LogP contribution in [0.15, 0.2) is 18.2 Å². The van der Waals surface area contributed by atoms with Crippen LogP contribution in [0.25, 0.3) is 0 Å². The van der Waals surface area contributed by atoms with E-state index in [9.17, 15) is 0 Å². The number of anilines is 1. The topological polar surface area (TPSA) is 21.3 Å². The third-order valence-corrected chi connectivity index (χ3v) is 4.97. The van der Waals surface area contributed by atoms with Crippen LogP contribution >= 0.6 is 11.6 Å². The van der Waals surface area contributed by atoms with Crippen LogP contribution in [0, 0.1) is 6.92 Å². The minimum absolute atomic E-state index is 0.233. The summed E-state index contributed by atoms with van der Waals surface area (Å²) in [5.41, 5.74) is 2.44. The van der Waals surface area contributed by atoms with Gasteiger partial charge in [0.1, 0.15) is 0 Å². The van der Waals surface area contributed by atoms with Crippen LogP contribution in [0.2, 0.25) is 5.02 Å². The van der Waals surface area contributed by atoms with Gasteiger partial charge in [0, 0.05) is 17.3 Å². The molecule has 0 bridgehead atoms. The Morgan fingerprint density at radius 2 is 2.11 bits per heavy atom. The Balaban J connectivity index is 1.54. The minimum atomic E-state index is 0.233. The Bertz CT molecular complexity index is 454. The van der Waals surface area contributed by atoms with E-state index in [1.165, 1.54) is 38.5 Å². The third-order valence-electron chi connectivity index (χ3n) is 4.56. The molecule has 1 aliphatic carbocycles. The molecule has 1 N–H and O–H groups in total. The molecular weight excluding hydrogens is 258 g/mol. The zero-order chi connectivity index (χ0) is 13.3. The maximum atomic E-state index is 6.29. The molecule has 104 valence electrons. The van der Waals surface area contributed by atoms with E-state index in [4.69, 9.17) is 16.3 Å². The van der Waals surface area contributed by atoms with Gasteiger partial charge in [-0.3, -0.25) is 0 Å². The molecule has 0 radical (unpaired) electrons. The summed E-state index contributed by atoms with van der Waals surface area (Å²) in [6, 6.07) is 6.14. The largest absolute Gasteiger partial charge is 0.382 e. The second kappa shape index (κ2) is 5.34. The summed E-state index contributed by atoms with van der Waals surface area (Å²) in [5, 5.41) is 4.28. The summed E-state index contributed by atoms with van der Waals surface area (Å²) in [6.07, 6.45) is 8.00. The average molecular weight is 280 g/mol. The maximum absolute atomic E-state index is 6.29. The molecule has 1 saturated carbocycles. The fourth-order valence-electron chi connectivity index (χ4n) is 3.36. The monoisotopic (exact) mass is 279 g/mol. The van der Waals surface area contributed by atoms with Gasteiger partial charge < -0.3 is 10.1 Å². The number of benzene rings is 1. The van der Waals surface area contributed by atoms with E-state index in [1.54, 1.807) is 0 Å². The van der Waals surface area contributed by atoms with Gasteiger partial charge in [-0.05, 0) is 50.3 Å². The lowest BCUT2D eigenvalue weighted by molar-refractivity contribution is -0.0307. The Morgan fingerprint density at radius 3 is 2.84 bits per heavy atom. The number of aryl methyl sites for hydroxylation is 1. The van der Waals surface area contributed by atoms with E-state index in [0.717, 1.165) is 22.8 Å². The predicted octanol–water partition coefficient (Wildman–Crippen LogP) is 4.55. The summed E-state index contributed by atoms with van der Waals surface area (Å²) in [5.74, 6) is 0. The van der Waals surface area contributed by atoms with Crippen LogP contribution < -0.4 is 5.32 Å². The van der Waals surface area contributed by atoms with Crippen LogP contribution in [0.1, 0.15) is 44.1 Å². The molecule has 1 aromatic rings. The van der Waals surface area contributed by atoms with Crippen molar-refractivity contribution in [2.75, 3.05) is 11.9 Å². The van der Waals surface area contributed by atoms with Crippen molar-refractivity contribution in [2.45, 2.75) is 57.2 Å². The summed E-state index contributed by atoms with van der Waals surface area (Å²) in [6.45, 7) is 2.91. The summed E-state index contributed by atoms with van der Waals surface area (Å²) in [7, 11) is 0. The second-order valence-corrected chi connectivity index (χ2v) is 6.42. The lowest BCUT2D eigenvalue weighted by atomic mass is 9.98. The predicted molar refractivity (Wildman–Crippen MR) is 80.0 cm³/mol. The van der Waals surface area contributed by atoms with Crippen molar-refractivity contribution in [2.24, 2.45) is 0 Å². The van der Waals surface area contributed by atoms with Gasteiger partial charge in [-0.1, -0.05) is 30.5 Å². The Morgan fingerprint density at radius 1 is 1.32 bits per heavy atom. The van der Waals surface area contributed by atoms with Gasteiger partial charge in [-0.15, -0.1) is 0 Å². The van der Waals surface area contributed by atoms with Crippen molar-refractivity contribution in [1.29, 1.82) is 0 Å². The first kappa shape index (κ1) is 13.3. The highest BCUT2D eigenvalue weighted by Crippen LogP contribution is 2.43. The molecule has 2 nitrogen and oxygen atoms in total. The lowest BCUT2D eigenvalue weighted by Crippen LogP contribution is -2.27. The number of ether oxygens (including phenoxy) is 1. The van der Waals surface area contributed by atoms with Gasteiger partial charge >= 0.3 is 0 Å². The first-order valence-electron chi connectivity index (χ1n) is 7.35. The molecule has 1 heterocycles. The summed E-state index contributed by atoms with van der Waals surface area (Å²) in [4.78, 5) is 0. The molecule has 1 aromatic carbocycles. The molecule has 2 fully saturated rings. The molecule has 1 atom stereocenters. The SMILES string of the molecule is Cc1ccc(NCC2CCC3(CCCC3)O2)cc1Cl. The highest BCUT2D eigenvalue weighted by atomic mass is 35.5. The van der Waals surface area contributed by atoms with Gasteiger partial charge in [-0.25, -0.2) is 0 Å². The Kier molecular flexibility index (Phi) is 3.72. The second-order valence-electron chi connectivity index (χ2n) is 6.01. The molecule has 1 saturated heterocycles. The lowest BCUT2D eigenvalue weighted by Gasteiger charge is -2.24. The van der Waals surface area contributed by atoms with Gasteiger partial charge in [0.05, 0.1) is 11.7 Å². The number of nitrogens with one attached hydrogen (secondary N) is 1. The van der Waals surface area contributed by atoms with Crippen molar-refractivity contribution in [1.82, 2.24) is 0 Å².